The molecule has 0 aliphatic carbocycles. The lowest BCUT2D eigenvalue weighted by atomic mass is 10.2. The van der Waals surface area contributed by atoms with E-state index >= 15 is 0 Å². The minimum Gasteiger partial charge on any atom is -0.356 e. The fourth-order valence-electron chi connectivity index (χ4n) is 2.97. The van der Waals surface area contributed by atoms with Crippen LogP contribution in [0.2, 0.25) is 0 Å². The van der Waals surface area contributed by atoms with Crippen LogP contribution in [0.5, 0.6) is 0 Å². The van der Waals surface area contributed by atoms with E-state index in [1.807, 2.05) is 30.7 Å². The lowest BCUT2D eigenvalue weighted by Gasteiger charge is -2.14. The fraction of sp³-hybridized carbons (Fsp3) is 0.421. The molecule has 2 aromatic heterocycles. The van der Waals surface area contributed by atoms with Gasteiger partial charge in [0.15, 0.2) is 0 Å². The van der Waals surface area contributed by atoms with Gasteiger partial charge in [0.05, 0.1) is 17.6 Å². The molecule has 3 aromatic rings. The van der Waals surface area contributed by atoms with Gasteiger partial charge in [0.25, 0.3) is 5.56 Å². The smallest absolute Gasteiger partial charge is 0.277 e. The Hall–Kier alpha value is -3.03. The highest BCUT2D eigenvalue weighted by molar-refractivity contribution is 5.77. The van der Waals surface area contributed by atoms with E-state index in [0.717, 1.165) is 17.9 Å². The standard InChI is InChI=1S/C19H24N6O2/c1-13(12-25-15(3)10-14(2)22-25)11-20-18(26)8-9-24-19(27)16-6-4-5-7-17(16)21-23-24/h4-7,10,13H,8-9,11-12H2,1-3H3,(H,20,26)/t13-/m1/s1. The summed E-state index contributed by atoms with van der Waals surface area (Å²) in [5.74, 6) is 0.132. The minimum atomic E-state index is -0.230. The Labute approximate surface area is 157 Å². The lowest BCUT2D eigenvalue weighted by molar-refractivity contribution is -0.121. The maximum atomic E-state index is 12.4. The molecule has 142 valence electrons. The highest BCUT2D eigenvalue weighted by atomic mass is 16.2. The number of hydrogen-bond acceptors (Lipinski definition) is 5. The summed E-state index contributed by atoms with van der Waals surface area (Å²) in [5.41, 5.74) is 2.43. The summed E-state index contributed by atoms with van der Waals surface area (Å²) < 4.78 is 3.19. The van der Waals surface area contributed by atoms with Gasteiger partial charge in [-0.25, -0.2) is 4.68 Å². The van der Waals surface area contributed by atoms with Crippen molar-refractivity contribution in [1.82, 2.24) is 30.1 Å². The van der Waals surface area contributed by atoms with Gasteiger partial charge in [0.1, 0.15) is 5.52 Å². The third-order valence-corrected chi connectivity index (χ3v) is 4.42. The molecule has 0 saturated heterocycles. The van der Waals surface area contributed by atoms with Crippen LogP contribution in [0, 0.1) is 19.8 Å². The number of aromatic nitrogens is 5. The molecule has 1 aromatic carbocycles. The number of amides is 1. The molecule has 8 heteroatoms. The van der Waals surface area contributed by atoms with Crippen LogP contribution in [0.3, 0.4) is 0 Å². The molecule has 8 nitrogen and oxygen atoms in total. The number of aryl methyl sites for hydroxylation is 3. The molecule has 0 aliphatic rings. The number of carbonyl (C=O) groups excluding carboxylic acids is 1. The molecule has 0 saturated carbocycles. The van der Waals surface area contributed by atoms with Crippen molar-refractivity contribution in [2.75, 3.05) is 6.54 Å². The normalized spacial score (nSPS) is 12.3. The zero-order chi connectivity index (χ0) is 19.4. The van der Waals surface area contributed by atoms with Crippen LogP contribution >= 0.6 is 0 Å². The van der Waals surface area contributed by atoms with Crippen LogP contribution in [-0.2, 0) is 17.9 Å². The molecule has 0 fully saturated rings. The second kappa shape index (κ2) is 8.11. The second-order valence-electron chi connectivity index (χ2n) is 6.90. The summed E-state index contributed by atoms with van der Waals surface area (Å²) in [5, 5.41) is 15.8. The summed E-state index contributed by atoms with van der Waals surface area (Å²) in [6.45, 7) is 7.55. The van der Waals surface area contributed by atoms with Crippen molar-refractivity contribution >= 4 is 16.8 Å². The Kier molecular flexibility index (Phi) is 5.63. The molecule has 1 N–H and O–H groups in total. The molecule has 1 amide bonds. The van der Waals surface area contributed by atoms with Crippen molar-refractivity contribution < 1.29 is 4.79 Å². The molecule has 0 radical (unpaired) electrons. The third kappa shape index (κ3) is 4.58. The fourth-order valence-corrected chi connectivity index (χ4v) is 2.97. The molecule has 0 aliphatic heterocycles. The van der Waals surface area contributed by atoms with E-state index in [-0.39, 0.29) is 30.3 Å². The molecular weight excluding hydrogens is 344 g/mol. The first-order chi connectivity index (χ1) is 12.9. The van der Waals surface area contributed by atoms with Crippen molar-refractivity contribution in [2.24, 2.45) is 5.92 Å². The Morgan fingerprint density at radius 1 is 1.22 bits per heavy atom. The summed E-state index contributed by atoms with van der Waals surface area (Å²) >= 11 is 0. The van der Waals surface area contributed by atoms with Gasteiger partial charge in [-0.2, -0.15) is 5.10 Å². The van der Waals surface area contributed by atoms with E-state index in [9.17, 15) is 9.59 Å². The Morgan fingerprint density at radius 2 is 2.00 bits per heavy atom. The number of benzene rings is 1. The van der Waals surface area contributed by atoms with Crippen LogP contribution in [-0.4, -0.2) is 37.2 Å². The van der Waals surface area contributed by atoms with Gasteiger partial charge >= 0.3 is 0 Å². The Bertz CT molecular complexity index is 1010. The molecule has 0 unspecified atom stereocenters. The van der Waals surface area contributed by atoms with Crippen LogP contribution in [0.15, 0.2) is 35.1 Å². The molecule has 1 atom stereocenters. The van der Waals surface area contributed by atoms with Gasteiger partial charge < -0.3 is 5.32 Å². The van der Waals surface area contributed by atoms with Crippen molar-refractivity contribution in [1.29, 1.82) is 0 Å². The monoisotopic (exact) mass is 368 g/mol. The summed E-state index contributed by atoms with van der Waals surface area (Å²) in [7, 11) is 0. The highest BCUT2D eigenvalue weighted by Crippen LogP contribution is 2.06. The van der Waals surface area contributed by atoms with E-state index in [1.165, 1.54) is 4.68 Å². The van der Waals surface area contributed by atoms with E-state index in [1.54, 1.807) is 18.2 Å². The minimum absolute atomic E-state index is 0.114. The van der Waals surface area contributed by atoms with Crippen molar-refractivity contribution in [2.45, 2.75) is 40.3 Å². The highest BCUT2D eigenvalue weighted by Gasteiger charge is 2.11. The van der Waals surface area contributed by atoms with Crippen molar-refractivity contribution in [3.8, 4) is 0 Å². The lowest BCUT2D eigenvalue weighted by Crippen LogP contribution is -2.32. The number of nitrogens with one attached hydrogen (secondary N) is 1. The van der Waals surface area contributed by atoms with Crippen LogP contribution in [0.1, 0.15) is 24.7 Å². The third-order valence-electron chi connectivity index (χ3n) is 4.42. The van der Waals surface area contributed by atoms with Crippen molar-refractivity contribution in [3.05, 3.63) is 52.1 Å². The maximum Gasteiger partial charge on any atom is 0.277 e. The topological polar surface area (TPSA) is 94.7 Å². The molecule has 2 heterocycles. The molecular formula is C19H24N6O2. The number of nitrogens with zero attached hydrogens (tertiary/aromatic N) is 5. The predicted octanol–water partition coefficient (Wildman–Crippen LogP) is 1.45. The second-order valence-corrected chi connectivity index (χ2v) is 6.90. The molecule has 0 bridgehead atoms. The van der Waals surface area contributed by atoms with Crippen LogP contribution in [0.4, 0.5) is 0 Å². The largest absolute Gasteiger partial charge is 0.356 e. The van der Waals surface area contributed by atoms with E-state index in [0.29, 0.717) is 17.4 Å². The number of fused-ring (bicyclic) bond motifs is 1. The summed E-state index contributed by atoms with van der Waals surface area (Å²) in [4.78, 5) is 24.5. The Balaban J connectivity index is 1.50. The summed E-state index contributed by atoms with van der Waals surface area (Å²) in [6.07, 6.45) is 0.180. The number of rotatable bonds is 7. The van der Waals surface area contributed by atoms with E-state index in [2.05, 4.69) is 27.7 Å². The maximum absolute atomic E-state index is 12.4. The predicted molar refractivity (Wildman–Crippen MR) is 102 cm³/mol. The quantitative estimate of drug-likeness (QED) is 0.681. The molecule has 27 heavy (non-hydrogen) atoms. The van der Waals surface area contributed by atoms with Crippen molar-refractivity contribution in [3.63, 3.8) is 0 Å². The number of hydrogen-bond donors (Lipinski definition) is 1. The number of carbonyl (C=O) groups is 1. The summed E-state index contributed by atoms with van der Waals surface area (Å²) in [6, 6.07) is 9.08. The van der Waals surface area contributed by atoms with Gasteiger partial charge in [0, 0.05) is 25.2 Å². The van der Waals surface area contributed by atoms with Gasteiger partial charge in [0.2, 0.25) is 5.91 Å². The zero-order valence-corrected chi connectivity index (χ0v) is 15.8. The van der Waals surface area contributed by atoms with Gasteiger partial charge in [-0.1, -0.05) is 24.3 Å². The first-order valence-electron chi connectivity index (χ1n) is 9.04. The molecule has 3 rings (SSSR count). The van der Waals surface area contributed by atoms with E-state index in [4.69, 9.17) is 0 Å². The Morgan fingerprint density at radius 3 is 2.74 bits per heavy atom. The van der Waals surface area contributed by atoms with Crippen LogP contribution < -0.4 is 10.9 Å². The SMILES string of the molecule is Cc1cc(C)n(C[C@H](C)CNC(=O)CCn2nnc3ccccc3c2=O)n1. The first-order valence-corrected chi connectivity index (χ1v) is 9.04. The van der Waals surface area contributed by atoms with E-state index < -0.39 is 0 Å². The van der Waals surface area contributed by atoms with Gasteiger partial charge in [-0.3, -0.25) is 14.3 Å². The first kappa shape index (κ1) is 18.8. The zero-order valence-electron chi connectivity index (χ0n) is 15.8. The van der Waals surface area contributed by atoms with Crippen LogP contribution in [0.25, 0.3) is 10.9 Å². The average Bonchev–Trinajstić information content (AvgIpc) is 2.96. The molecule has 0 spiro atoms. The van der Waals surface area contributed by atoms with Gasteiger partial charge in [-0.15, -0.1) is 5.10 Å². The average molecular weight is 368 g/mol. The van der Waals surface area contributed by atoms with Gasteiger partial charge in [-0.05, 0) is 38.0 Å².